The van der Waals surface area contributed by atoms with Crippen molar-refractivity contribution < 1.29 is 18.3 Å². The second-order valence-corrected chi connectivity index (χ2v) is 8.60. The molecule has 1 aliphatic rings. The van der Waals surface area contributed by atoms with E-state index in [9.17, 15) is 13.6 Å². The molecule has 0 radical (unpaired) electrons. The van der Waals surface area contributed by atoms with Crippen molar-refractivity contribution in [1.29, 1.82) is 0 Å². The van der Waals surface area contributed by atoms with Crippen LogP contribution in [0.5, 0.6) is 5.75 Å². The molecule has 1 amide bonds. The average molecular weight is 376 g/mol. The predicted molar refractivity (Wildman–Crippen MR) is 96.6 cm³/mol. The lowest BCUT2D eigenvalue weighted by atomic mass is 10.1. The zero-order chi connectivity index (χ0) is 17.4. The van der Waals surface area contributed by atoms with Crippen molar-refractivity contribution in [3.63, 3.8) is 0 Å². The maximum absolute atomic E-state index is 12.3. The van der Waals surface area contributed by atoms with Gasteiger partial charge in [0.2, 0.25) is 5.91 Å². The van der Waals surface area contributed by atoms with E-state index in [2.05, 4.69) is 10.1 Å². The van der Waals surface area contributed by atoms with Crippen LogP contribution in [0.2, 0.25) is 0 Å². The lowest BCUT2D eigenvalue weighted by molar-refractivity contribution is -0.121. The summed E-state index contributed by atoms with van der Waals surface area (Å²) in [5.41, 5.74) is 0.751. The van der Waals surface area contributed by atoms with Gasteiger partial charge in [0.25, 0.3) is 0 Å². The first-order chi connectivity index (χ1) is 11.5. The second-order valence-electron chi connectivity index (χ2n) is 5.81. The number of alkyl halides is 2. The summed E-state index contributed by atoms with van der Waals surface area (Å²) >= 11 is 0. The lowest BCUT2D eigenvalue weighted by Gasteiger charge is -2.15. The van der Waals surface area contributed by atoms with Crippen LogP contribution in [0.25, 0.3) is 0 Å². The highest BCUT2D eigenvalue weighted by Crippen LogP contribution is 2.39. The normalized spacial score (nSPS) is 18.6. The van der Waals surface area contributed by atoms with Crippen LogP contribution in [0.3, 0.4) is 0 Å². The van der Waals surface area contributed by atoms with E-state index in [-0.39, 0.29) is 17.7 Å². The predicted octanol–water partition coefficient (Wildman–Crippen LogP) is 5.18. The molecule has 0 aromatic heterocycles. The maximum atomic E-state index is 12.3. The van der Waals surface area contributed by atoms with Gasteiger partial charge in [0, 0.05) is 17.4 Å². The van der Waals surface area contributed by atoms with Gasteiger partial charge in [-0.25, -0.2) is 0 Å². The summed E-state index contributed by atoms with van der Waals surface area (Å²) in [4.78, 5) is 12.0. The highest BCUT2D eigenvalue weighted by molar-refractivity contribution is 8.77. The average Bonchev–Trinajstić information content (AvgIpc) is 3.04. The molecular weight excluding hydrogens is 352 g/mol. The Morgan fingerprint density at radius 3 is 2.96 bits per heavy atom. The molecule has 1 aromatic carbocycles. The van der Waals surface area contributed by atoms with Crippen LogP contribution >= 0.6 is 21.6 Å². The maximum Gasteiger partial charge on any atom is 0.387 e. The third kappa shape index (κ3) is 6.89. The van der Waals surface area contributed by atoms with E-state index < -0.39 is 6.61 Å². The Morgan fingerprint density at radius 1 is 1.42 bits per heavy atom. The molecule has 0 aliphatic carbocycles. The molecule has 1 saturated heterocycles. The summed E-state index contributed by atoms with van der Waals surface area (Å²) in [5.74, 6) is 1.34. The Morgan fingerprint density at radius 2 is 2.25 bits per heavy atom. The monoisotopic (exact) mass is 375 g/mol. The Kier molecular flexibility index (Phi) is 8.18. The molecule has 24 heavy (non-hydrogen) atoms. The minimum atomic E-state index is -2.85. The fourth-order valence-electron chi connectivity index (χ4n) is 2.58. The van der Waals surface area contributed by atoms with Crippen LogP contribution in [0.1, 0.15) is 50.6 Å². The zero-order valence-electron chi connectivity index (χ0n) is 13.7. The van der Waals surface area contributed by atoms with Gasteiger partial charge in [-0.1, -0.05) is 40.1 Å². The van der Waals surface area contributed by atoms with E-state index in [0.717, 1.165) is 23.7 Å². The molecule has 2 atom stereocenters. The van der Waals surface area contributed by atoms with Gasteiger partial charge >= 0.3 is 6.61 Å². The fourth-order valence-corrected chi connectivity index (χ4v) is 5.61. The molecule has 1 heterocycles. The van der Waals surface area contributed by atoms with Crippen LogP contribution < -0.4 is 10.1 Å². The van der Waals surface area contributed by atoms with Crippen molar-refractivity contribution in [2.45, 2.75) is 56.9 Å². The van der Waals surface area contributed by atoms with Crippen LogP contribution in [0.15, 0.2) is 24.3 Å². The minimum Gasteiger partial charge on any atom is -0.435 e. The van der Waals surface area contributed by atoms with E-state index in [1.165, 1.54) is 30.7 Å². The highest BCUT2D eigenvalue weighted by atomic mass is 33.1. The molecule has 0 saturated carbocycles. The Bertz CT molecular complexity index is 525. The molecule has 134 valence electrons. The summed E-state index contributed by atoms with van der Waals surface area (Å²) < 4.78 is 28.9. The number of halogens is 2. The molecule has 1 aliphatic heterocycles. The summed E-state index contributed by atoms with van der Waals surface area (Å²) in [6.07, 6.45) is 4.90. The van der Waals surface area contributed by atoms with E-state index in [0.29, 0.717) is 6.42 Å². The Hall–Kier alpha value is -0.950. The first-order valence-corrected chi connectivity index (χ1v) is 10.5. The molecule has 0 spiro atoms. The minimum absolute atomic E-state index is 0.00358. The van der Waals surface area contributed by atoms with Crippen LogP contribution in [0.4, 0.5) is 8.78 Å². The summed E-state index contributed by atoms with van der Waals surface area (Å²) in [6, 6.07) is 6.21. The number of rotatable bonds is 9. The van der Waals surface area contributed by atoms with E-state index in [1.54, 1.807) is 12.1 Å². The Labute approximate surface area is 149 Å². The lowest BCUT2D eigenvalue weighted by Crippen LogP contribution is -2.26. The molecule has 7 heteroatoms. The first kappa shape index (κ1) is 19.4. The standard InChI is InChI=1S/C17H23F2NO2S2/c1-12(13-5-4-6-14(11-13)22-17(18)19)20-16(21)8-3-2-7-15-9-10-23-24-15/h4-6,11-12,15,17H,2-3,7-10H2,1H3,(H,20,21)/t12-,15-/m0/s1. The number of amides is 1. The van der Waals surface area contributed by atoms with Gasteiger partial charge in [0.1, 0.15) is 5.75 Å². The number of carbonyl (C=O) groups is 1. The van der Waals surface area contributed by atoms with Crippen molar-refractivity contribution in [2.75, 3.05) is 5.75 Å². The third-order valence-electron chi connectivity index (χ3n) is 3.87. The smallest absolute Gasteiger partial charge is 0.387 e. The van der Waals surface area contributed by atoms with Crippen molar-refractivity contribution in [3.8, 4) is 5.75 Å². The van der Waals surface area contributed by atoms with Crippen LogP contribution in [-0.4, -0.2) is 23.5 Å². The number of ether oxygens (including phenoxy) is 1. The number of nitrogens with one attached hydrogen (secondary N) is 1. The van der Waals surface area contributed by atoms with Crippen molar-refractivity contribution in [1.82, 2.24) is 5.32 Å². The van der Waals surface area contributed by atoms with Gasteiger partial charge in [0.15, 0.2) is 0 Å². The first-order valence-electron chi connectivity index (χ1n) is 8.17. The molecule has 0 bridgehead atoms. The number of hydrogen-bond acceptors (Lipinski definition) is 4. The largest absolute Gasteiger partial charge is 0.435 e. The van der Waals surface area contributed by atoms with Crippen molar-refractivity contribution in [3.05, 3.63) is 29.8 Å². The second kappa shape index (κ2) is 10.1. The zero-order valence-corrected chi connectivity index (χ0v) is 15.3. The topological polar surface area (TPSA) is 38.3 Å². The van der Waals surface area contributed by atoms with Gasteiger partial charge in [-0.2, -0.15) is 8.78 Å². The van der Waals surface area contributed by atoms with Crippen LogP contribution in [-0.2, 0) is 4.79 Å². The number of carbonyl (C=O) groups excluding carboxylic acids is 1. The van der Waals surface area contributed by atoms with Crippen molar-refractivity contribution in [2.24, 2.45) is 0 Å². The van der Waals surface area contributed by atoms with E-state index in [4.69, 9.17) is 0 Å². The molecular formula is C17H23F2NO2S2. The quantitative estimate of drug-likeness (QED) is 0.477. The van der Waals surface area contributed by atoms with Crippen molar-refractivity contribution >= 4 is 27.5 Å². The summed E-state index contributed by atoms with van der Waals surface area (Å²) in [5, 5.41) is 3.66. The highest BCUT2D eigenvalue weighted by Gasteiger charge is 2.16. The third-order valence-corrected chi connectivity index (χ3v) is 6.87. The number of unbranched alkanes of at least 4 members (excludes halogenated alkanes) is 1. The van der Waals surface area contributed by atoms with Gasteiger partial charge in [-0.3, -0.25) is 4.79 Å². The molecule has 3 nitrogen and oxygen atoms in total. The summed E-state index contributed by atoms with van der Waals surface area (Å²) in [7, 11) is 3.90. The molecule has 2 rings (SSSR count). The van der Waals surface area contributed by atoms with Gasteiger partial charge in [-0.15, -0.1) is 0 Å². The van der Waals surface area contributed by atoms with Crippen LogP contribution in [0, 0.1) is 0 Å². The SMILES string of the molecule is C[C@H](NC(=O)CCCC[C@H]1CCSS1)c1cccc(OC(F)F)c1. The van der Waals surface area contributed by atoms with E-state index >= 15 is 0 Å². The Balaban J connectivity index is 1.70. The summed E-state index contributed by atoms with van der Waals surface area (Å²) in [6.45, 7) is -1.01. The van der Waals surface area contributed by atoms with Gasteiger partial charge in [-0.05, 0) is 43.9 Å². The molecule has 1 N–H and O–H groups in total. The number of hydrogen-bond donors (Lipinski definition) is 1. The molecule has 1 aromatic rings. The fraction of sp³-hybridized carbons (Fsp3) is 0.588. The molecule has 1 fully saturated rings. The number of benzene rings is 1. The van der Waals surface area contributed by atoms with E-state index in [1.807, 2.05) is 28.5 Å². The molecule has 0 unspecified atom stereocenters. The van der Waals surface area contributed by atoms with Gasteiger partial charge in [0.05, 0.1) is 6.04 Å². The van der Waals surface area contributed by atoms with Gasteiger partial charge < -0.3 is 10.1 Å².